The predicted octanol–water partition coefficient (Wildman–Crippen LogP) is 5.34. The SMILES string of the molecule is CC(C)c1cnn2c(NCc3ccccc3-c3nccc4cc(NC(=O)/C=C/CN(C)C)ccc34)nc(N3CCC(CO)CC3)nc12. The molecule has 2 aromatic carbocycles. The summed E-state index contributed by atoms with van der Waals surface area (Å²) in [6, 6.07) is 16.1. The zero-order valence-electron chi connectivity index (χ0n) is 27.5. The molecule has 1 saturated heterocycles. The number of nitrogens with one attached hydrogen (secondary N) is 2. The van der Waals surface area contributed by atoms with Gasteiger partial charge in [-0.25, -0.2) is 0 Å². The van der Waals surface area contributed by atoms with Crippen LogP contribution in [0.15, 0.2) is 73.1 Å². The minimum absolute atomic E-state index is 0.161. The number of amides is 1. The number of rotatable bonds is 11. The molecule has 1 aliphatic heterocycles. The zero-order chi connectivity index (χ0) is 32.9. The third-order valence-electron chi connectivity index (χ3n) is 8.64. The molecule has 0 aliphatic carbocycles. The molecule has 0 atom stereocenters. The van der Waals surface area contributed by atoms with E-state index in [1.807, 2.05) is 73.9 Å². The molecule has 1 amide bonds. The molecule has 244 valence electrons. The van der Waals surface area contributed by atoms with Crippen LogP contribution in [0.2, 0.25) is 0 Å². The van der Waals surface area contributed by atoms with E-state index in [-0.39, 0.29) is 18.4 Å². The normalized spacial score (nSPS) is 14.2. The standard InChI is InChI=1S/C36H43N9O2/c1-24(2)31-22-39-45-34(31)41-36(44-18-14-25(23-46)15-19-44)42-35(45)38-21-27-8-5-6-9-29(27)33-30-12-11-28(20-26(30)13-16-37-33)40-32(47)10-7-17-43(3)4/h5-13,16,20,22,24-25,46H,14-15,17-19,21,23H2,1-4H3,(H,40,47)(H,38,41,42)/b10-7+. The Kier molecular flexibility index (Phi) is 9.74. The van der Waals surface area contributed by atoms with Crippen LogP contribution in [0.25, 0.3) is 27.7 Å². The van der Waals surface area contributed by atoms with Gasteiger partial charge in [-0.3, -0.25) is 9.78 Å². The van der Waals surface area contributed by atoms with Crippen molar-refractivity contribution in [1.82, 2.24) is 29.5 Å². The van der Waals surface area contributed by atoms with Crippen LogP contribution < -0.4 is 15.5 Å². The van der Waals surface area contributed by atoms with Gasteiger partial charge in [-0.2, -0.15) is 19.6 Å². The fourth-order valence-corrected chi connectivity index (χ4v) is 5.97. The van der Waals surface area contributed by atoms with Crippen molar-refractivity contribution >= 4 is 39.9 Å². The summed E-state index contributed by atoms with van der Waals surface area (Å²) in [5, 5.41) is 22.8. The highest BCUT2D eigenvalue weighted by atomic mass is 16.3. The molecule has 1 fully saturated rings. The Morgan fingerprint density at radius 2 is 1.91 bits per heavy atom. The average Bonchev–Trinajstić information content (AvgIpc) is 3.51. The van der Waals surface area contributed by atoms with Gasteiger partial charge in [-0.1, -0.05) is 50.3 Å². The van der Waals surface area contributed by atoms with Crippen LogP contribution in [0.1, 0.15) is 43.7 Å². The molecule has 0 unspecified atom stereocenters. The summed E-state index contributed by atoms with van der Waals surface area (Å²) < 4.78 is 1.80. The first-order valence-corrected chi connectivity index (χ1v) is 16.3. The molecular formula is C36H43N9O2. The highest BCUT2D eigenvalue weighted by Gasteiger charge is 2.23. The third kappa shape index (κ3) is 7.26. The lowest BCUT2D eigenvalue weighted by Gasteiger charge is -2.31. The molecule has 3 N–H and O–H groups in total. The van der Waals surface area contributed by atoms with Gasteiger partial charge in [0.2, 0.25) is 17.8 Å². The number of pyridine rings is 1. The van der Waals surface area contributed by atoms with E-state index in [1.165, 1.54) is 0 Å². The average molecular weight is 634 g/mol. The lowest BCUT2D eigenvalue weighted by Crippen LogP contribution is -2.36. The van der Waals surface area contributed by atoms with Crippen molar-refractivity contribution in [1.29, 1.82) is 0 Å². The highest BCUT2D eigenvalue weighted by molar-refractivity contribution is 6.02. The number of hydrogen-bond donors (Lipinski definition) is 3. The molecule has 5 aromatic rings. The second-order valence-electron chi connectivity index (χ2n) is 12.7. The lowest BCUT2D eigenvalue weighted by atomic mass is 9.98. The monoisotopic (exact) mass is 633 g/mol. The van der Waals surface area contributed by atoms with E-state index < -0.39 is 0 Å². The van der Waals surface area contributed by atoms with E-state index in [2.05, 4.69) is 46.6 Å². The quantitative estimate of drug-likeness (QED) is 0.165. The second kappa shape index (κ2) is 14.3. The summed E-state index contributed by atoms with van der Waals surface area (Å²) >= 11 is 0. The maximum Gasteiger partial charge on any atom is 0.248 e. The van der Waals surface area contributed by atoms with Crippen LogP contribution in [0.3, 0.4) is 0 Å². The fourth-order valence-electron chi connectivity index (χ4n) is 5.97. The van der Waals surface area contributed by atoms with Crippen LogP contribution in [-0.2, 0) is 11.3 Å². The van der Waals surface area contributed by atoms with Crippen LogP contribution >= 0.6 is 0 Å². The van der Waals surface area contributed by atoms with E-state index in [0.717, 1.165) is 70.4 Å². The van der Waals surface area contributed by atoms with Crippen LogP contribution in [-0.4, -0.2) is 80.8 Å². The number of hydrogen-bond acceptors (Lipinski definition) is 9. The third-order valence-corrected chi connectivity index (χ3v) is 8.64. The van der Waals surface area contributed by atoms with E-state index in [4.69, 9.17) is 15.0 Å². The number of fused-ring (bicyclic) bond motifs is 2. The topological polar surface area (TPSA) is 124 Å². The molecule has 11 nitrogen and oxygen atoms in total. The Hall–Kier alpha value is -4.87. The number of aliphatic hydroxyl groups excluding tert-OH is 1. The van der Waals surface area contributed by atoms with Crippen molar-refractivity contribution in [3.63, 3.8) is 0 Å². The van der Waals surface area contributed by atoms with Gasteiger partial charge in [0.1, 0.15) is 0 Å². The van der Waals surface area contributed by atoms with E-state index >= 15 is 0 Å². The Morgan fingerprint density at radius 1 is 1.11 bits per heavy atom. The van der Waals surface area contributed by atoms with Crippen molar-refractivity contribution in [2.24, 2.45) is 5.92 Å². The fraction of sp³-hybridized carbons (Fsp3) is 0.361. The van der Waals surface area contributed by atoms with E-state index in [0.29, 0.717) is 30.9 Å². The van der Waals surface area contributed by atoms with Crippen LogP contribution in [0.4, 0.5) is 17.6 Å². The maximum absolute atomic E-state index is 12.4. The van der Waals surface area contributed by atoms with Crippen molar-refractivity contribution < 1.29 is 9.90 Å². The van der Waals surface area contributed by atoms with Crippen molar-refractivity contribution in [3.8, 4) is 11.3 Å². The zero-order valence-corrected chi connectivity index (χ0v) is 27.5. The first-order valence-electron chi connectivity index (χ1n) is 16.3. The number of likely N-dealkylation sites (N-methyl/N-ethyl adjacent to an activating group) is 1. The van der Waals surface area contributed by atoms with Gasteiger partial charge in [0.15, 0.2) is 5.65 Å². The molecule has 11 heteroatoms. The summed E-state index contributed by atoms with van der Waals surface area (Å²) in [5.74, 6) is 1.73. The number of aliphatic hydroxyl groups is 1. The van der Waals surface area contributed by atoms with E-state index in [1.54, 1.807) is 10.6 Å². The molecule has 4 heterocycles. The first kappa shape index (κ1) is 32.1. The predicted molar refractivity (Wildman–Crippen MR) is 188 cm³/mol. The number of nitrogens with zero attached hydrogens (tertiary/aromatic N) is 7. The maximum atomic E-state index is 12.4. The van der Waals surface area contributed by atoms with Crippen LogP contribution in [0.5, 0.6) is 0 Å². The summed E-state index contributed by atoms with van der Waals surface area (Å²) in [4.78, 5) is 31.4. The van der Waals surface area contributed by atoms with Crippen LogP contribution in [0, 0.1) is 5.92 Å². The summed E-state index contributed by atoms with van der Waals surface area (Å²) in [7, 11) is 3.92. The minimum atomic E-state index is -0.161. The highest BCUT2D eigenvalue weighted by Crippen LogP contribution is 2.32. The minimum Gasteiger partial charge on any atom is -0.396 e. The van der Waals surface area contributed by atoms with Gasteiger partial charge in [-0.05, 0) is 67.9 Å². The Bertz CT molecular complexity index is 1890. The van der Waals surface area contributed by atoms with Gasteiger partial charge >= 0.3 is 0 Å². The molecule has 0 radical (unpaired) electrons. The smallest absolute Gasteiger partial charge is 0.248 e. The van der Waals surface area contributed by atoms with Gasteiger partial charge in [-0.15, -0.1) is 0 Å². The summed E-state index contributed by atoms with van der Waals surface area (Å²) in [5.41, 5.74) is 5.54. The molecular weight excluding hydrogens is 590 g/mol. The molecule has 0 bridgehead atoms. The second-order valence-corrected chi connectivity index (χ2v) is 12.7. The number of aromatic nitrogens is 5. The van der Waals surface area contributed by atoms with Gasteiger partial charge in [0, 0.05) is 67.3 Å². The molecule has 6 rings (SSSR count). The Balaban J connectivity index is 1.27. The van der Waals surface area contributed by atoms with Crippen molar-refractivity contribution in [2.75, 3.05) is 55.9 Å². The molecule has 0 saturated carbocycles. The Morgan fingerprint density at radius 3 is 2.68 bits per heavy atom. The number of piperidine rings is 1. The number of benzene rings is 2. The van der Waals surface area contributed by atoms with Gasteiger partial charge < -0.3 is 25.5 Å². The summed E-state index contributed by atoms with van der Waals surface area (Å²) in [6.45, 7) is 7.32. The molecule has 0 spiro atoms. The molecule has 3 aromatic heterocycles. The van der Waals surface area contributed by atoms with Gasteiger partial charge in [0.25, 0.3) is 0 Å². The van der Waals surface area contributed by atoms with Crippen molar-refractivity contribution in [3.05, 3.63) is 84.2 Å². The largest absolute Gasteiger partial charge is 0.396 e. The number of carbonyl (C=O) groups excluding carboxylic acids is 1. The molecule has 47 heavy (non-hydrogen) atoms. The molecule has 1 aliphatic rings. The Labute approximate surface area is 275 Å². The first-order chi connectivity index (χ1) is 22.8. The van der Waals surface area contributed by atoms with E-state index in [9.17, 15) is 9.90 Å². The number of carbonyl (C=O) groups is 1. The number of anilines is 3. The lowest BCUT2D eigenvalue weighted by molar-refractivity contribution is -0.111. The van der Waals surface area contributed by atoms with Gasteiger partial charge in [0.05, 0.1) is 11.9 Å². The summed E-state index contributed by atoms with van der Waals surface area (Å²) in [6.07, 6.45) is 8.92. The van der Waals surface area contributed by atoms with Crippen molar-refractivity contribution in [2.45, 2.75) is 39.2 Å².